The molecule has 0 heteroatoms. The molecule has 0 N–H and O–H groups in total. The highest BCUT2D eigenvalue weighted by molar-refractivity contribution is 5.25. The van der Waals surface area contributed by atoms with Gasteiger partial charge in [0.05, 0.1) is 0 Å². The molecule has 0 aromatic heterocycles. The predicted octanol–water partition coefficient (Wildman–Crippen LogP) is 4.61. The lowest BCUT2D eigenvalue weighted by atomic mass is 9.89. The van der Waals surface area contributed by atoms with E-state index in [4.69, 9.17) is 0 Å². The largest absolute Gasteiger partial charge is 0.0651 e. The number of benzene rings is 1. The molecule has 2 atom stereocenters. The van der Waals surface area contributed by atoms with Gasteiger partial charge in [-0.25, -0.2) is 0 Å². The summed E-state index contributed by atoms with van der Waals surface area (Å²) in [4.78, 5) is 0. The van der Waals surface area contributed by atoms with E-state index in [1.54, 1.807) is 0 Å². The average Bonchev–Trinajstić information content (AvgIpc) is 2.21. The van der Waals surface area contributed by atoms with E-state index in [1.807, 2.05) is 0 Å². The van der Waals surface area contributed by atoms with Crippen LogP contribution in [0.4, 0.5) is 0 Å². The van der Waals surface area contributed by atoms with Gasteiger partial charge >= 0.3 is 0 Å². The molecular weight excluding hydrogens is 180 g/mol. The Balaban J connectivity index is 2.51. The summed E-state index contributed by atoms with van der Waals surface area (Å²) >= 11 is 0. The van der Waals surface area contributed by atoms with Crippen molar-refractivity contribution in [1.82, 2.24) is 0 Å². The van der Waals surface area contributed by atoms with Gasteiger partial charge in [-0.1, -0.05) is 51.5 Å². The molecule has 0 saturated carbocycles. The molecule has 0 bridgehead atoms. The van der Waals surface area contributed by atoms with E-state index in [0.29, 0.717) is 0 Å². The van der Waals surface area contributed by atoms with Gasteiger partial charge in [0.1, 0.15) is 0 Å². The first kappa shape index (κ1) is 12.3. The van der Waals surface area contributed by atoms with E-state index in [0.717, 1.165) is 11.8 Å². The van der Waals surface area contributed by atoms with Crippen molar-refractivity contribution in [3.8, 4) is 0 Å². The van der Waals surface area contributed by atoms with E-state index in [1.165, 1.54) is 30.4 Å². The van der Waals surface area contributed by atoms with Crippen LogP contribution in [0, 0.1) is 18.8 Å². The molecule has 0 aliphatic heterocycles. The molecule has 1 aromatic carbocycles. The first-order chi connectivity index (χ1) is 7.13. The lowest BCUT2D eigenvalue weighted by molar-refractivity contribution is 0.404. The minimum absolute atomic E-state index is 0.807. The molecule has 0 radical (unpaired) electrons. The van der Waals surface area contributed by atoms with Crippen LogP contribution in [0.5, 0.6) is 0 Å². The topological polar surface area (TPSA) is 0 Å². The van der Waals surface area contributed by atoms with Gasteiger partial charge in [0.15, 0.2) is 0 Å². The lowest BCUT2D eigenvalue weighted by Crippen LogP contribution is -2.06. The van der Waals surface area contributed by atoms with Crippen LogP contribution < -0.4 is 0 Å². The van der Waals surface area contributed by atoms with Crippen LogP contribution in [0.25, 0.3) is 0 Å². The Kier molecular flexibility index (Phi) is 4.87. The minimum atomic E-state index is 0.807. The number of rotatable bonds is 5. The van der Waals surface area contributed by atoms with Gasteiger partial charge in [-0.3, -0.25) is 0 Å². The fourth-order valence-corrected chi connectivity index (χ4v) is 2.15. The van der Waals surface area contributed by atoms with E-state index in [9.17, 15) is 0 Å². The van der Waals surface area contributed by atoms with Crippen molar-refractivity contribution in [3.05, 3.63) is 35.4 Å². The highest BCUT2D eigenvalue weighted by Gasteiger charge is 2.09. The Morgan fingerprint density at radius 3 is 2.33 bits per heavy atom. The SMILES string of the molecule is CCC(C)CC(C)Cc1ccccc1C. The van der Waals surface area contributed by atoms with Crippen LogP contribution in [0.1, 0.15) is 44.7 Å². The summed E-state index contributed by atoms with van der Waals surface area (Å²) in [6.45, 7) is 9.23. The molecule has 0 spiro atoms. The maximum atomic E-state index is 2.37. The van der Waals surface area contributed by atoms with E-state index in [-0.39, 0.29) is 0 Å². The Bertz CT molecular complexity index is 288. The zero-order valence-corrected chi connectivity index (χ0v) is 10.6. The molecular formula is C15H24. The second-order valence-corrected chi connectivity index (χ2v) is 4.98. The highest BCUT2D eigenvalue weighted by Crippen LogP contribution is 2.20. The van der Waals surface area contributed by atoms with E-state index >= 15 is 0 Å². The molecule has 0 heterocycles. The molecule has 1 aromatic rings. The summed E-state index contributed by atoms with van der Waals surface area (Å²) in [5.74, 6) is 1.67. The predicted molar refractivity (Wildman–Crippen MR) is 68.1 cm³/mol. The summed E-state index contributed by atoms with van der Waals surface area (Å²) < 4.78 is 0. The van der Waals surface area contributed by atoms with Gasteiger partial charge in [0.25, 0.3) is 0 Å². The summed E-state index contributed by atoms with van der Waals surface area (Å²) in [5.41, 5.74) is 2.96. The monoisotopic (exact) mass is 204 g/mol. The quantitative estimate of drug-likeness (QED) is 0.657. The summed E-state index contributed by atoms with van der Waals surface area (Å²) in [6, 6.07) is 8.75. The summed E-state index contributed by atoms with van der Waals surface area (Å²) in [5, 5.41) is 0. The normalized spacial score (nSPS) is 14.9. The summed E-state index contributed by atoms with van der Waals surface area (Å²) in [7, 11) is 0. The molecule has 1 rings (SSSR count). The van der Waals surface area contributed by atoms with Crippen LogP contribution in [0.15, 0.2) is 24.3 Å². The summed E-state index contributed by atoms with van der Waals surface area (Å²) in [6.07, 6.45) is 3.89. The molecule has 2 unspecified atom stereocenters. The van der Waals surface area contributed by atoms with Crippen LogP contribution in [0.2, 0.25) is 0 Å². The molecule has 0 saturated heterocycles. The second-order valence-electron chi connectivity index (χ2n) is 4.98. The van der Waals surface area contributed by atoms with Gasteiger partial charge in [0, 0.05) is 0 Å². The Hall–Kier alpha value is -0.780. The Morgan fingerprint density at radius 2 is 1.73 bits per heavy atom. The zero-order valence-electron chi connectivity index (χ0n) is 10.6. The third-order valence-corrected chi connectivity index (χ3v) is 3.33. The van der Waals surface area contributed by atoms with Crippen molar-refractivity contribution in [1.29, 1.82) is 0 Å². The van der Waals surface area contributed by atoms with Crippen molar-refractivity contribution in [2.24, 2.45) is 11.8 Å². The van der Waals surface area contributed by atoms with Gasteiger partial charge in [0.2, 0.25) is 0 Å². The fraction of sp³-hybridized carbons (Fsp3) is 0.600. The van der Waals surface area contributed by atoms with Crippen LogP contribution in [0.3, 0.4) is 0 Å². The van der Waals surface area contributed by atoms with Crippen molar-refractivity contribution in [3.63, 3.8) is 0 Å². The standard InChI is InChI=1S/C15H24/c1-5-12(2)10-13(3)11-15-9-7-6-8-14(15)4/h6-9,12-13H,5,10-11H2,1-4H3. The van der Waals surface area contributed by atoms with E-state index < -0.39 is 0 Å². The van der Waals surface area contributed by atoms with Gasteiger partial charge < -0.3 is 0 Å². The molecule has 0 aliphatic carbocycles. The Morgan fingerprint density at radius 1 is 1.07 bits per heavy atom. The van der Waals surface area contributed by atoms with Crippen molar-refractivity contribution < 1.29 is 0 Å². The van der Waals surface area contributed by atoms with Crippen LogP contribution in [-0.2, 0) is 6.42 Å². The first-order valence-electron chi connectivity index (χ1n) is 6.18. The molecule has 84 valence electrons. The van der Waals surface area contributed by atoms with Crippen LogP contribution in [-0.4, -0.2) is 0 Å². The number of hydrogen-bond donors (Lipinski definition) is 0. The van der Waals surface area contributed by atoms with Crippen LogP contribution >= 0.6 is 0 Å². The third kappa shape index (κ3) is 4.07. The Labute approximate surface area is 94.7 Å². The third-order valence-electron chi connectivity index (χ3n) is 3.33. The molecule has 0 amide bonds. The van der Waals surface area contributed by atoms with Gasteiger partial charge in [-0.2, -0.15) is 0 Å². The highest BCUT2D eigenvalue weighted by atomic mass is 14.1. The number of hydrogen-bond acceptors (Lipinski definition) is 0. The van der Waals surface area contributed by atoms with E-state index in [2.05, 4.69) is 52.0 Å². The lowest BCUT2D eigenvalue weighted by Gasteiger charge is -2.16. The first-order valence-corrected chi connectivity index (χ1v) is 6.18. The smallest absolute Gasteiger partial charge is 0.0250 e. The fourth-order valence-electron chi connectivity index (χ4n) is 2.15. The van der Waals surface area contributed by atoms with Gasteiger partial charge in [-0.15, -0.1) is 0 Å². The molecule has 15 heavy (non-hydrogen) atoms. The zero-order chi connectivity index (χ0) is 11.3. The molecule has 0 nitrogen and oxygen atoms in total. The van der Waals surface area contributed by atoms with Crippen molar-refractivity contribution in [2.75, 3.05) is 0 Å². The second kappa shape index (κ2) is 5.95. The average molecular weight is 204 g/mol. The number of aryl methyl sites for hydroxylation is 1. The minimum Gasteiger partial charge on any atom is -0.0651 e. The van der Waals surface area contributed by atoms with Crippen molar-refractivity contribution >= 4 is 0 Å². The maximum Gasteiger partial charge on any atom is -0.0250 e. The van der Waals surface area contributed by atoms with Crippen molar-refractivity contribution in [2.45, 2.75) is 47.0 Å². The maximum absolute atomic E-state index is 2.37. The molecule has 0 fully saturated rings. The molecule has 0 aliphatic rings. The van der Waals surface area contributed by atoms with Gasteiger partial charge in [-0.05, 0) is 42.7 Å².